The predicted octanol–water partition coefficient (Wildman–Crippen LogP) is 4.40. The highest BCUT2D eigenvalue weighted by Gasteiger charge is 2.23. The van der Waals surface area contributed by atoms with Gasteiger partial charge in [0.15, 0.2) is 0 Å². The second-order valence-electron chi connectivity index (χ2n) is 5.95. The van der Waals surface area contributed by atoms with E-state index in [0.29, 0.717) is 11.3 Å². The molecule has 1 aliphatic rings. The molecule has 0 saturated heterocycles. The first-order valence-corrected chi connectivity index (χ1v) is 7.77. The predicted molar refractivity (Wildman–Crippen MR) is 86.3 cm³/mol. The fourth-order valence-corrected chi connectivity index (χ4v) is 3.39. The highest BCUT2D eigenvalue weighted by atomic mass is 19.1. The van der Waals surface area contributed by atoms with Crippen molar-refractivity contribution in [3.8, 4) is 16.9 Å². The number of hydrogen-bond donors (Lipinski definition) is 1. The van der Waals surface area contributed by atoms with Crippen molar-refractivity contribution in [2.75, 3.05) is 7.11 Å². The Morgan fingerprint density at radius 2 is 2.13 bits per heavy atom. The average Bonchev–Trinajstić information content (AvgIpc) is 2.54. The first-order valence-electron chi connectivity index (χ1n) is 7.77. The van der Waals surface area contributed by atoms with E-state index in [-0.39, 0.29) is 18.2 Å². The number of carboxylic acid groups (broad SMARTS) is 1. The lowest BCUT2D eigenvalue weighted by molar-refractivity contribution is -0.137. The molecule has 120 valence electrons. The van der Waals surface area contributed by atoms with Crippen LogP contribution in [0.15, 0.2) is 36.4 Å². The fraction of sp³-hybridized carbons (Fsp3) is 0.316. The SMILES string of the molecule is COc1ccc(F)cc1-c1ccc2c(c1)C(CC(=O)O)CCC2. The van der Waals surface area contributed by atoms with Crippen LogP contribution < -0.4 is 4.74 Å². The highest BCUT2D eigenvalue weighted by Crippen LogP contribution is 2.38. The van der Waals surface area contributed by atoms with Crippen molar-refractivity contribution in [2.45, 2.75) is 31.6 Å². The monoisotopic (exact) mass is 314 g/mol. The smallest absolute Gasteiger partial charge is 0.303 e. The van der Waals surface area contributed by atoms with Crippen LogP contribution in [-0.2, 0) is 11.2 Å². The average molecular weight is 314 g/mol. The lowest BCUT2D eigenvalue weighted by Gasteiger charge is -2.25. The molecule has 23 heavy (non-hydrogen) atoms. The van der Waals surface area contributed by atoms with Gasteiger partial charge < -0.3 is 9.84 Å². The second-order valence-corrected chi connectivity index (χ2v) is 5.95. The molecule has 3 rings (SSSR count). The van der Waals surface area contributed by atoms with Gasteiger partial charge in [-0.25, -0.2) is 4.39 Å². The van der Waals surface area contributed by atoms with Gasteiger partial charge in [-0.15, -0.1) is 0 Å². The summed E-state index contributed by atoms with van der Waals surface area (Å²) in [5.74, 6) is -0.468. The third-order valence-electron chi connectivity index (χ3n) is 4.48. The molecule has 1 aliphatic carbocycles. The number of aliphatic carboxylic acids is 1. The summed E-state index contributed by atoms with van der Waals surface area (Å²) in [6, 6.07) is 10.4. The molecule has 4 heteroatoms. The molecule has 0 fully saturated rings. The van der Waals surface area contributed by atoms with Gasteiger partial charge in [0.2, 0.25) is 0 Å². The van der Waals surface area contributed by atoms with Gasteiger partial charge in [0, 0.05) is 5.56 Å². The van der Waals surface area contributed by atoms with Gasteiger partial charge in [-0.2, -0.15) is 0 Å². The van der Waals surface area contributed by atoms with Crippen LogP contribution >= 0.6 is 0 Å². The van der Waals surface area contributed by atoms with Crippen LogP contribution in [0.5, 0.6) is 5.75 Å². The number of hydrogen-bond acceptors (Lipinski definition) is 2. The summed E-state index contributed by atoms with van der Waals surface area (Å²) in [7, 11) is 1.56. The lowest BCUT2D eigenvalue weighted by atomic mass is 9.80. The van der Waals surface area contributed by atoms with Crippen molar-refractivity contribution in [1.29, 1.82) is 0 Å². The quantitative estimate of drug-likeness (QED) is 0.910. The number of carboxylic acids is 1. The Morgan fingerprint density at radius 1 is 1.30 bits per heavy atom. The minimum atomic E-state index is -0.781. The van der Waals surface area contributed by atoms with Crippen molar-refractivity contribution < 1.29 is 19.0 Å². The number of benzene rings is 2. The van der Waals surface area contributed by atoms with E-state index in [2.05, 4.69) is 0 Å². The largest absolute Gasteiger partial charge is 0.496 e. The molecule has 1 N–H and O–H groups in total. The number of rotatable bonds is 4. The normalized spacial score (nSPS) is 16.7. The van der Waals surface area contributed by atoms with Crippen LogP contribution in [0.3, 0.4) is 0 Å². The molecule has 0 aliphatic heterocycles. The fourth-order valence-electron chi connectivity index (χ4n) is 3.39. The summed E-state index contributed by atoms with van der Waals surface area (Å²) >= 11 is 0. The summed E-state index contributed by atoms with van der Waals surface area (Å²) in [6.45, 7) is 0. The number of halogens is 1. The highest BCUT2D eigenvalue weighted by molar-refractivity contribution is 5.73. The second kappa shape index (κ2) is 6.41. The molecule has 2 aromatic carbocycles. The third-order valence-corrected chi connectivity index (χ3v) is 4.48. The maximum Gasteiger partial charge on any atom is 0.303 e. The molecule has 3 nitrogen and oxygen atoms in total. The van der Waals surface area contributed by atoms with Crippen molar-refractivity contribution >= 4 is 5.97 Å². The zero-order chi connectivity index (χ0) is 16.4. The van der Waals surface area contributed by atoms with Gasteiger partial charge in [0.05, 0.1) is 13.5 Å². The molecule has 0 heterocycles. The molecular formula is C19H19FO3. The van der Waals surface area contributed by atoms with Gasteiger partial charge in [0.25, 0.3) is 0 Å². The summed E-state index contributed by atoms with van der Waals surface area (Å²) in [5.41, 5.74) is 3.82. The minimum absolute atomic E-state index is 0.0238. The summed E-state index contributed by atoms with van der Waals surface area (Å²) in [4.78, 5) is 11.1. The molecular weight excluding hydrogens is 295 g/mol. The van der Waals surface area contributed by atoms with E-state index in [1.807, 2.05) is 18.2 Å². The Bertz CT molecular complexity index is 739. The zero-order valence-corrected chi connectivity index (χ0v) is 13.0. The first kappa shape index (κ1) is 15.5. The Balaban J connectivity index is 2.06. The lowest BCUT2D eigenvalue weighted by Crippen LogP contribution is -2.13. The number of fused-ring (bicyclic) bond motifs is 1. The van der Waals surface area contributed by atoms with Crippen LogP contribution in [0.4, 0.5) is 4.39 Å². The van der Waals surface area contributed by atoms with Crippen molar-refractivity contribution in [2.24, 2.45) is 0 Å². The Kier molecular flexibility index (Phi) is 4.33. The van der Waals surface area contributed by atoms with E-state index in [9.17, 15) is 9.18 Å². The van der Waals surface area contributed by atoms with Crippen LogP contribution in [0.1, 0.15) is 36.3 Å². The Hall–Kier alpha value is -2.36. The molecule has 1 unspecified atom stereocenters. The van der Waals surface area contributed by atoms with Gasteiger partial charge in [-0.1, -0.05) is 18.2 Å². The molecule has 0 aromatic heterocycles. The Labute approximate surface area is 134 Å². The van der Waals surface area contributed by atoms with Gasteiger partial charge in [-0.3, -0.25) is 4.79 Å². The van der Waals surface area contributed by atoms with Gasteiger partial charge in [-0.05, 0) is 60.1 Å². The van der Waals surface area contributed by atoms with Gasteiger partial charge >= 0.3 is 5.97 Å². The molecule has 2 aromatic rings. The van der Waals surface area contributed by atoms with Crippen LogP contribution in [0, 0.1) is 5.82 Å². The van der Waals surface area contributed by atoms with Crippen molar-refractivity contribution in [1.82, 2.24) is 0 Å². The standard InChI is InChI=1S/C19H19FO3/c1-23-18-8-7-15(20)11-17(18)14-6-5-12-3-2-4-13(10-19(21)22)16(12)9-14/h5-9,11,13H,2-4,10H2,1H3,(H,21,22). The maximum atomic E-state index is 13.6. The molecule has 0 amide bonds. The number of methoxy groups -OCH3 is 1. The van der Waals surface area contributed by atoms with Crippen LogP contribution in [0.2, 0.25) is 0 Å². The molecule has 0 bridgehead atoms. The molecule has 0 radical (unpaired) electrons. The summed E-state index contributed by atoms with van der Waals surface area (Å²) in [5, 5.41) is 9.13. The zero-order valence-electron chi connectivity index (χ0n) is 13.0. The summed E-state index contributed by atoms with van der Waals surface area (Å²) < 4.78 is 19.0. The van der Waals surface area contributed by atoms with E-state index in [1.54, 1.807) is 13.2 Å². The van der Waals surface area contributed by atoms with E-state index in [1.165, 1.54) is 17.7 Å². The number of ether oxygens (including phenoxy) is 1. The topological polar surface area (TPSA) is 46.5 Å². The molecule has 0 saturated carbocycles. The summed E-state index contributed by atoms with van der Waals surface area (Å²) in [6.07, 6.45) is 2.99. The first-order chi connectivity index (χ1) is 11.1. The van der Waals surface area contributed by atoms with Crippen LogP contribution in [0.25, 0.3) is 11.1 Å². The van der Waals surface area contributed by atoms with E-state index in [0.717, 1.165) is 30.4 Å². The van der Waals surface area contributed by atoms with E-state index in [4.69, 9.17) is 9.84 Å². The van der Waals surface area contributed by atoms with Gasteiger partial charge in [0.1, 0.15) is 11.6 Å². The van der Waals surface area contributed by atoms with E-state index < -0.39 is 5.97 Å². The number of aryl methyl sites for hydroxylation is 1. The van der Waals surface area contributed by atoms with Crippen molar-refractivity contribution in [3.05, 3.63) is 53.3 Å². The maximum absolute atomic E-state index is 13.6. The van der Waals surface area contributed by atoms with Crippen LogP contribution in [-0.4, -0.2) is 18.2 Å². The van der Waals surface area contributed by atoms with Crippen molar-refractivity contribution in [3.63, 3.8) is 0 Å². The third kappa shape index (κ3) is 3.21. The van der Waals surface area contributed by atoms with E-state index >= 15 is 0 Å². The Morgan fingerprint density at radius 3 is 2.87 bits per heavy atom. The molecule has 0 spiro atoms. The minimum Gasteiger partial charge on any atom is -0.496 e. The molecule has 1 atom stereocenters. The number of carbonyl (C=O) groups is 1.